The molecule has 1 aromatic rings. The fourth-order valence-electron chi connectivity index (χ4n) is 6.16. The highest BCUT2D eigenvalue weighted by Crippen LogP contribution is 2.51. The molecule has 10 heteroatoms. The highest BCUT2D eigenvalue weighted by atomic mass is 16.3. The first kappa shape index (κ1) is 24.2. The number of ketones is 4. The summed E-state index contributed by atoms with van der Waals surface area (Å²) < 4.78 is 0. The van der Waals surface area contributed by atoms with Gasteiger partial charge in [-0.25, -0.2) is 0 Å². The maximum Gasteiger partial charge on any atom is 0.235 e. The second-order valence-corrected chi connectivity index (χ2v) is 10.1. The number of benzene rings is 1. The van der Waals surface area contributed by atoms with Crippen LogP contribution in [0.4, 0.5) is 0 Å². The molecule has 0 spiro atoms. The second kappa shape index (κ2) is 8.07. The van der Waals surface area contributed by atoms with Crippen LogP contribution in [0.3, 0.4) is 0 Å². The summed E-state index contributed by atoms with van der Waals surface area (Å²) in [4.78, 5) is 68.9. The topological polar surface area (TPSA) is 158 Å². The largest absolute Gasteiger partial charge is 0.507 e. The van der Waals surface area contributed by atoms with Crippen LogP contribution < -0.4 is 5.73 Å². The summed E-state index contributed by atoms with van der Waals surface area (Å²) in [7, 11) is 6.85. The average molecular weight is 472 g/mol. The van der Waals surface area contributed by atoms with Crippen LogP contribution in [0, 0.1) is 23.7 Å². The summed E-state index contributed by atoms with van der Waals surface area (Å²) in [6.07, 6.45) is 0.310. The van der Waals surface area contributed by atoms with E-state index in [9.17, 15) is 34.2 Å². The number of fused-ring (bicyclic) bond motifs is 3. The van der Waals surface area contributed by atoms with Crippen LogP contribution in [-0.2, 0) is 32.1 Å². The Hall–Kier alpha value is -2.95. The normalized spacial score (nSPS) is 33.1. The molecule has 3 aliphatic carbocycles. The molecule has 1 aromatic carbocycles. The van der Waals surface area contributed by atoms with Crippen LogP contribution in [-0.4, -0.2) is 88.9 Å². The molecule has 2 fully saturated rings. The van der Waals surface area contributed by atoms with Crippen LogP contribution in [0.1, 0.15) is 27.9 Å². The number of amides is 1. The van der Waals surface area contributed by atoms with Crippen LogP contribution in [0.2, 0.25) is 0 Å². The summed E-state index contributed by atoms with van der Waals surface area (Å²) in [6, 6.07) is 2.03. The first-order valence-electron chi connectivity index (χ1n) is 11.1. The standard InChI is InChI=1S/C24H29N3O7/c1-26(2)9-10-5-6-14(28)16-12(10)7-11-8-13-18(27(3)4)20(30)17(23(25)33)22(32)24(13,34)21(31)15(11)19(16)29/h5-6,11,13,15,17-18,28,34H,7-9H2,1-4H3,(H2,25,33)/t11-,13-,15?,17?,18?,24-/m0/s1. The van der Waals surface area contributed by atoms with Gasteiger partial charge >= 0.3 is 0 Å². The molecule has 0 aliphatic heterocycles. The number of hydrogen-bond acceptors (Lipinski definition) is 9. The molecule has 182 valence electrons. The van der Waals surface area contributed by atoms with Crippen molar-refractivity contribution in [1.82, 2.24) is 9.80 Å². The number of carbonyl (C=O) groups excluding carboxylic acids is 5. The van der Waals surface area contributed by atoms with Gasteiger partial charge in [-0.1, -0.05) is 6.07 Å². The van der Waals surface area contributed by atoms with E-state index in [0.717, 1.165) is 5.56 Å². The Bertz CT molecular complexity index is 1130. The number of aliphatic hydroxyl groups is 1. The molecule has 0 aromatic heterocycles. The molecule has 1 amide bonds. The number of primary amides is 1. The molecular weight excluding hydrogens is 442 g/mol. The van der Waals surface area contributed by atoms with Crippen LogP contribution in [0.15, 0.2) is 12.1 Å². The lowest BCUT2D eigenvalue weighted by atomic mass is 9.52. The molecule has 6 atom stereocenters. The number of hydrogen-bond donors (Lipinski definition) is 3. The monoisotopic (exact) mass is 471 g/mol. The molecular formula is C24H29N3O7. The molecule has 3 aliphatic rings. The van der Waals surface area contributed by atoms with E-state index in [2.05, 4.69) is 0 Å². The van der Waals surface area contributed by atoms with Crippen LogP contribution in [0.25, 0.3) is 0 Å². The van der Waals surface area contributed by atoms with Crippen LogP contribution in [0.5, 0.6) is 5.75 Å². The van der Waals surface area contributed by atoms with Gasteiger partial charge in [-0.15, -0.1) is 0 Å². The first-order chi connectivity index (χ1) is 15.8. The first-order valence-corrected chi connectivity index (χ1v) is 11.1. The van der Waals surface area contributed by atoms with Gasteiger partial charge in [0, 0.05) is 12.5 Å². The van der Waals surface area contributed by atoms with Gasteiger partial charge < -0.3 is 20.8 Å². The van der Waals surface area contributed by atoms with Crippen molar-refractivity contribution >= 4 is 29.0 Å². The molecule has 0 saturated heterocycles. The number of phenolic OH excluding ortho intramolecular Hbond substituents is 1. The summed E-state index contributed by atoms with van der Waals surface area (Å²) in [6.45, 7) is 0.506. The summed E-state index contributed by atoms with van der Waals surface area (Å²) >= 11 is 0. The van der Waals surface area contributed by atoms with E-state index in [4.69, 9.17) is 5.73 Å². The molecule has 10 nitrogen and oxygen atoms in total. The minimum Gasteiger partial charge on any atom is -0.507 e. The van der Waals surface area contributed by atoms with Crippen molar-refractivity contribution in [2.75, 3.05) is 28.2 Å². The fourth-order valence-corrected chi connectivity index (χ4v) is 6.16. The van der Waals surface area contributed by atoms with E-state index in [0.29, 0.717) is 12.1 Å². The van der Waals surface area contributed by atoms with Gasteiger partial charge in [0.1, 0.15) is 5.75 Å². The number of aromatic hydroxyl groups is 1. The highest BCUT2D eigenvalue weighted by molar-refractivity contribution is 6.32. The van der Waals surface area contributed by atoms with E-state index in [-0.39, 0.29) is 24.2 Å². The van der Waals surface area contributed by atoms with E-state index < -0.39 is 64.4 Å². The quantitative estimate of drug-likeness (QED) is 0.465. The lowest BCUT2D eigenvalue weighted by molar-refractivity contribution is -0.181. The zero-order chi connectivity index (χ0) is 25.3. The van der Waals surface area contributed by atoms with Gasteiger partial charge in [0.2, 0.25) is 5.91 Å². The SMILES string of the molecule is CN(C)Cc1ccc(O)c2c1C[C@H]1C[C@H]3C(N(C)C)C(=O)C(C(N)=O)C(=O)[C@@]3(O)C(=O)C1C2=O. The van der Waals surface area contributed by atoms with Gasteiger partial charge in [0.25, 0.3) is 0 Å². The van der Waals surface area contributed by atoms with Crippen molar-refractivity contribution in [3.63, 3.8) is 0 Å². The smallest absolute Gasteiger partial charge is 0.235 e. The third kappa shape index (κ3) is 3.24. The van der Waals surface area contributed by atoms with Crippen molar-refractivity contribution in [2.24, 2.45) is 29.4 Å². The lowest BCUT2D eigenvalue weighted by Gasteiger charge is -2.52. The van der Waals surface area contributed by atoms with E-state index in [1.807, 2.05) is 19.0 Å². The van der Waals surface area contributed by atoms with Gasteiger partial charge in [-0.05, 0) is 64.1 Å². The number of rotatable bonds is 4. The third-order valence-electron chi connectivity index (χ3n) is 7.53. The Kier molecular flexibility index (Phi) is 5.74. The summed E-state index contributed by atoms with van der Waals surface area (Å²) in [5.41, 5.74) is 4.08. The summed E-state index contributed by atoms with van der Waals surface area (Å²) in [5, 5.41) is 22.0. The van der Waals surface area contributed by atoms with Gasteiger partial charge in [0.15, 0.2) is 34.7 Å². The molecule has 0 heterocycles. The maximum atomic E-state index is 13.7. The van der Waals surface area contributed by atoms with Crippen molar-refractivity contribution in [1.29, 1.82) is 0 Å². The molecule has 2 saturated carbocycles. The number of phenols is 1. The molecule has 4 rings (SSSR count). The van der Waals surface area contributed by atoms with Crippen LogP contribution >= 0.6 is 0 Å². The lowest BCUT2D eigenvalue weighted by Crippen LogP contribution is -2.74. The zero-order valence-electron chi connectivity index (χ0n) is 19.6. The zero-order valence-corrected chi connectivity index (χ0v) is 19.6. The van der Waals surface area contributed by atoms with E-state index >= 15 is 0 Å². The molecule has 34 heavy (non-hydrogen) atoms. The Balaban J connectivity index is 1.86. The Labute approximate surface area is 196 Å². The van der Waals surface area contributed by atoms with Gasteiger partial charge in [0.05, 0.1) is 17.5 Å². The summed E-state index contributed by atoms with van der Waals surface area (Å²) in [5.74, 6) is -10.3. The molecule has 0 radical (unpaired) electrons. The van der Waals surface area contributed by atoms with Crippen molar-refractivity contribution in [3.05, 3.63) is 28.8 Å². The van der Waals surface area contributed by atoms with E-state index in [1.54, 1.807) is 20.2 Å². The van der Waals surface area contributed by atoms with Gasteiger partial charge in [-0.2, -0.15) is 0 Å². The second-order valence-electron chi connectivity index (χ2n) is 10.1. The van der Waals surface area contributed by atoms with Crippen molar-refractivity contribution in [3.8, 4) is 5.75 Å². The van der Waals surface area contributed by atoms with Crippen molar-refractivity contribution < 1.29 is 34.2 Å². The number of nitrogens with two attached hydrogens (primary N) is 1. The highest BCUT2D eigenvalue weighted by Gasteiger charge is 2.69. The minimum atomic E-state index is -2.70. The number of likely N-dealkylation sites (N-methyl/N-ethyl adjacent to an activating group) is 1. The fraction of sp³-hybridized carbons (Fsp3) is 0.542. The van der Waals surface area contributed by atoms with Gasteiger partial charge in [-0.3, -0.25) is 28.9 Å². The molecule has 3 unspecified atom stereocenters. The minimum absolute atomic E-state index is 0.0194. The Morgan fingerprint density at radius 3 is 2.32 bits per heavy atom. The van der Waals surface area contributed by atoms with E-state index in [1.165, 1.54) is 11.0 Å². The molecule has 0 bridgehead atoms. The predicted molar refractivity (Wildman–Crippen MR) is 119 cm³/mol. The maximum absolute atomic E-state index is 13.7. The predicted octanol–water partition coefficient (Wildman–Crippen LogP) is -1.07. The Morgan fingerprint density at radius 1 is 1.12 bits per heavy atom. The number of nitrogens with zero attached hydrogens (tertiary/aromatic N) is 2. The third-order valence-corrected chi connectivity index (χ3v) is 7.53. The Morgan fingerprint density at radius 2 is 1.76 bits per heavy atom. The number of carbonyl (C=O) groups is 5. The van der Waals surface area contributed by atoms with Crippen molar-refractivity contribution in [2.45, 2.75) is 31.0 Å². The average Bonchev–Trinajstić information content (AvgIpc) is 2.72. The number of Topliss-reactive ketones (excluding diaryl/α,β-unsaturated/α-hetero) is 4. The molecule has 4 N–H and O–H groups in total.